The molecule has 3 aromatic rings. The summed E-state index contributed by atoms with van der Waals surface area (Å²) in [5, 5.41) is 2.83. The molecular formula is C23H24N2O3S2. The van der Waals surface area contributed by atoms with Crippen LogP contribution in [-0.4, -0.2) is 33.2 Å². The van der Waals surface area contributed by atoms with Gasteiger partial charge in [-0.3, -0.25) is 9.10 Å². The number of carbonyl (C=O) groups is 1. The number of amides is 1. The van der Waals surface area contributed by atoms with Crippen molar-refractivity contribution < 1.29 is 13.2 Å². The molecule has 3 aromatic carbocycles. The first-order valence-corrected chi connectivity index (χ1v) is 12.1. The number of nitrogens with one attached hydrogen (secondary N) is 1. The largest absolute Gasteiger partial charge is 0.354 e. The number of hydrogen-bond donors (Lipinski definition) is 1. The lowest BCUT2D eigenvalue weighted by Gasteiger charge is -2.24. The number of sulfonamides is 1. The molecule has 0 heterocycles. The molecule has 0 saturated carbocycles. The second-order valence-corrected chi connectivity index (χ2v) is 9.56. The Morgan fingerprint density at radius 3 is 2.03 bits per heavy atom. The van der Waals surface area contributed by atoms with Crippen molar-refractivity contribution in [3.05, 3.63) is 91.0 Å². The van der Waals surface area contributed by atoms with E-state index in [0.717, 1.165) is 16.5 Å². The van der Waals surface area contributed by atoms with Crippen molar-refractivity contribution in [2.75, 3.05) is 23.1 Å². The van der Waals surface area contributed by atoms with Gasteiger partial charge in [-0.15, -0.1) is 11.8 Å². The molecule has 1 N–H and O–H groups in total. The summed E-state index contributed by atoms with van der Waals surface area (Å²) in [7, 11) is -3.85. The molecule has 0 fully saturated rings. The number of thioether (sulfide) groups is 1. The molecule has 0 bridgehead atoms. The molecule has 0 unspecified atom stereocenters. The van der Waals surface area contributed by atoms with Crippen molar-refractivity contribution in [3.8, 4) is 0 Å². The first-order chi connectivity index (χ1) is 14.6. The predicted octanol–water partition coefficient (Wildman–Crippen LogP) is 4.18. The Bertz CT molecular complexity index is 1030. The second-order valence-electron chi connectivity index (χ2n) is 6.53. The van der Waals surface area contributed by atoms with E-state index >= 15 is 0 Å². The van der Waals surface area contributed by atoms with Gasteiger partial charge in [0.2, 0.25) is 5.91 Å². The van der Waals surface area contributed by atoms with Gasteiger partial charge in [-0.25, -0.2) is 8.42 Å². The molecule has 0 aromatic heterocycles. The highest BCUT2D eigenvalue weighted by Crippen LogP contribution is 2.23. The smallest absolute Gasteiger partial charge is 0.264 e. The Hall–Kier alpha value is -2.77. The fraction of sp³-hybridized carbons (Fsp3) is 0.174. The molecule has 0 saturated heterocycles. The summed E-state index contributed by atoms with van der Waals surface area (Å²) in [5.41, 5.74) is 0.455. The van der Waals surface area contributed by atoms with Crippen molar-refractivity contribution in [2.24, 2.45) is 0 Å². The zero-order valence-corrected chi connectivity index (χ0v) is 18.1. The maximum atomic E-state index is 13.1. The van der Waals surface area contributed by atoms with Crippen molar-refractivity contribution in [2.45, 2.75) is 16.2 Å². The molecule has 1 amide bonds. The lowest BCUT2D eigenvalue weighted by molar-refractivity contribution is -0.119. The number of nitrogens with zero attached hydrogens (tertiary/aromatic N) is 1. The minimum atomic E-state index is -3.85. The maximum absolute atomic E-state index is 13.1. The van der Waals surface area contributed by atoms with Gasteiger partial charge in [-0.05, 0) is 48.6 Å². The normalized spacial score (nSPS) is 11.1. The molecule has 0 spiro atoms. The summed E-state index contributed by atoms with van der Waals surface area (Å²) in [5.74, 6) is 0.540. The fourth-order valence-electron chi connectivity index (χ4n) is 2.82. The maximum Gasteiger partial charge on any atom is 0.264 e. The van der Waals surface area contributed by atoms with Crippen LogP contribution in [0.2, 0.25) is 0 Å². The zero-order valence-electron chi connectivity index (χ0n) is 16.5. The van der Waals surface area contributed by atoms with Crippen LogP contribution in [0, 0.1) is 0 Å². The highest BCUT2D eigenvalue weighted by molar-refractivity contribution is 7.99. The van der Waals surface area contributed by atoms with Gasteiger partial charge in [0.15, 0.2) is 0 Å². The molecular weight excluding hydrogens is 416 g/mol. The standard InChI is InChI=1S/C23H24N2O3S2/c26-23(24-17-10-18-29-21-13-6-2-7-14-21)19-25(20-11-4-1-5-12-20)30(27,28)22-15-8-3-9-16-22/h1-9,11-16H,10,17-19H2,(H,24,26). The van der Waals surface area contributed by atoms with Crippen LogP contribution in [0.1, 0.15) is 6.42 Å². The van der Waals surface area contributed by atoms with E-state index in [9.17, 15) is 13.2 Å². The average Bonchev–Trinajstić information content (AvgIpc) is 2.79. The van der Waals surface area contributed by atoms with E-state index in [-0.39, 0.29) is 17.3 Å². The summed E-state index contributed by atoms with van der Waals surface area (Å²) >= 11 is 1.73. The van der Waals surface area contributed by atoms with Crippen LogP contribution in [0.3, 0.4) is 0 Å². The van der Waals surface area contributed by atoms with Gasteiger partial charge in [-0.2, -0.15) is 0 Å². The van der Waals surface area contributed by atoms with Gasteiger partial charge in [0.1, 0.15) is 6.54 Å². The Labute approximate surface area is 182 Å². The second kappa shape index (κ2) is 10.8. The first-order valence-electron chi connectivity index (χ1n) is 9.65. The SMILES string of the molecule is O=C(CN(c1ccccc1)S(=O)(=O)c1ccccc1)NCCCSc1ccccc1. The van der Waals surface area contributed by atoms with E-state index in [1.165, 1.54) is 17.0 Å². The molecule has 0 radical (unpaired) electrons. The number of para-hydroxylation sites is 1. The van der Waals surface area contributed by atoms with Gasteiger partial charge in [-0.1, -0.05) is 54.6 Å². The minimum Gasteiger partial charge on any atom is -0.354 e. The third-order valence-corrected chi connectivity index (χ3v) is 7.20. The molecule has 5 nitrogen and oxygen atoms in total. The predicted molar refractivity (Wildman–Crippen MR) is 122 cm³/mol. The van der Waals surface area contributed by atoms with Crippen molar-refractivity contribution in [3.63, 3.8) is 0 Å². The molecule has 0 aliphatic carbocycles. The molecule has 0 aliphatic heterocycles. The molecule has 0 atom stereocenters. The molecule has 0 aliphatic rings. The van der Waals surface area contributed by atoms with E-state index in [2.05, 4.69) is 17.4 Å². The van der Waals surface area contributed by atoms with Gasteiger partial charge >= 0.3 is 0 Å². The number of benzene rings is 3. The Morgan fingerprint density at radius 1 is 0.833 bits per heavy atom. The van der Waals surface area contributed by atoms with Crippen LogP contribution in [0.4, 0.5) is 5.69 Å². The molecule has 3 rings (SSSR count). The Kier molecular flexibility index (Phi) is 7.93. The van der Waals surface area contributed by atoms with E-state index < -0.39 is 10.0 Å². The molecule has 7 heteroatoms. The van der Waals surface area contributed by atoms with E-state index in [0.29, 0.717) is 12.2 Å². The molecule has 156 valence electrons. The number of hydrogen-bond acceptors (Lipinski definition) is 4. The highest BCUT2D eigenvalue weighted by atomic mass is 32.2. The van der Waals surface area contributed by atoms with Gasteiger partial charge in [0, 0.05) is 11.4 Å². The van der Waals surface area contributed by atoms with Gasteiger partial charge in [0.25, 0.3) is 10.0 Å². The summed E-state index contributed by atoms with van der Waals surface area (Å²) in [6.07, 6.45) is 0.794. The fourth-order valence-corrected chi connectivity index (χ4v) is 5.14. The quantitative estimate of drug-likeness (QED) is 0.379. The third-order valence-electron chi connectivity index (χ3n) is 4.32. The summed E-state index contributed by atoms with van der Waals surface area (Å²) in [6.45, 7) is 0.222. The summed E-state index contributed by atoms with van der Waals surface area (Å²) in [6, 6.07) is 26.9. The first kappa shape index (κ1) is 21.9. The van der Waals surface area contributed by atoms with Gasteiger partial charge in [0.05, 0.1) is 10.6 Å². The minimum absolute atomic E-state index is 0.154. The van der Waals surface area contributed by atoms with Crippen molar-refractivity contribution >= 4 is 33.4 Å². The van der Waals surface area contributed by atoms with Crippen LogP contribution in [0.15, 0.2) is 101 Å². The third kappa shape index (κ3) is 6.11. The van der Waals surface area contributed by atoms with E-state index in [1.807, 2.05) is 18.2 Å². The van der Waals surface area contributed by atoms with Crippen LogP contribution < -0.4 is 9.62 Å². The highest BCUT2D eigenvalue weighted by Gasteiger charge is 2.26. The van der Waals surface area contributed by atoms with Gasteiger partial charge < -0.3 is 5.32 Å². The number of anilines is 1. The topological polar surface area (TPSA) is 66.5 Å². The van der Waals surface area contributed by atoms with E-state index in [1.54, 1.807) is 60.3 Å². The average molecular weight is 441 g/mol. The van der Waals surface area contributed by atoms with Crippen LogP contribution in [-0.2, 0) is 14.8 Å². The van der Waals surface area contributed by atoms with Crippen LogP contribution >= 0.6 is 11.8 Å². The van der Waals surface area contributed by atoms with Crippen LogP contribution in [0.5, 0.6) is 0 Å². The van der Waals surface area contributed by atoms with E-state index in [4.69, 9.17) is 0 Å². The summed E-state index contributed by atoms with van der Waals surface area (Å²) < 4.78 is 27.4. The number of rotatable bonds is 10. The number of carbonyl (C=O) groups excluding carboxylic acids is 1. The zero-order chi connectivity index (χ0) is 21.2. The summed E-state index contributed by atoms with van der Waals surface area (Å²) in [4.78, 5) is 13.9. The lowest BCUT2D eigenvalue weighted by atomic mass is 10.3. The van der Waals surface area contributed by atoms with Crippen molar-refractivity contribution in [1.82, 2.24) is 5.32 Å². The monoisotopic (exact) mass is 440 g/mol. The van der Waals surface area contributed by atoms with Crippen molar-refractivity contribution in [1.29, 1.82) is 0 Å². The molecule has 30 heavy (non-hydrogen) atoms. The Balaban J connectivity index is 1.60. The van der Waals surface area contributed by atoms with Crippen LogP contribution in [0.25, 0.3) is 0 Å². The lowest BCUT2D eigenvalue weighted by Crippen LogP contribution is -2.41. The Morgan fingerprint density at radius 2 is 1.40 bits per heavy atom.